The van der Waals surface area contributed by atoms with Gasteiger partial charge in [-0.1, -0.05) is 25.1 Å². The zero-order valence-electron chi connectivity index (χ0n) is 9.49. The molecule has 2 rings (SSSR count). The molecule has 1 atom stereocenters. The second kappa shape index (κ2) is 4.66. The molecule has 2 nitrogen and oxygen atoms in total. The van der Waals surface area contributed by atoms with Crippen molar-refractivity contribution in [2.75, 3.05) is 0 Å². The van der Waals surface area contributed by atoms with E-state index in [1.165, 1.54) is 0 Å². The molecule has 1 aromatic carbocycles. The van der Waals surface area contributed by atoms with Gasteiger partial charge >= 0.3 is 0 Å². The van der Waals surface area contributed by atoms with Gasteiger partial charge in [-0.2, -0.15) is 0 Å². The van der Waals surface area contributed by atoms with E-state index in [2.05, 4.69) is 12.2 Å². The fourth-order valence-electron chi connectivity index (χ4n) is 1.56. The normalized spacial score (nSPS) is 12.6. The van der Waals surface area contributed by atoms with E-state index in [-0.39, 0.29) is 11.9 Å². The van der Waals surface area contributed by atoms with Gasteiger partial charge in [-0.15, -0.1) is 11.3 Å². The van der Waals surface area contributed by atoms with Crippen LogP contribution in [-0.4, -0.2) is 11.9 Å². The maximum absolute atomic E-state index is 12.0. The lowest BCUT2D eigenvalue weighted by Gasteiger charge is -2.10. The van der Waals surface area contributed by atoms with Gasteiger partial charge in [-0.3, -0.25) is 4.79 Å². The van der Waals surface area contributed by atoms with Gasteiger partial charge in [0, 0.05) is 21.5 Å². The molecule has 0 bridgehead atoms. The first-order chi connectivity index (χ1) is 7.72. The summed E-state index contributed by atoms with van der Waals surface area (Å²) in [6.45, 7) is 4.09. The number of carbonyl (C=O) groups excluding carboxylic acids is 1. The van der Waals surface area contributed by atoms with Crippen LogP contribution in [0.3, 0.4) is 0 Å². The van der Waals surface area contributed by atoms with E-state index in [1.807, 2.05) is 36.6 Å². The minimum atomic E-state index is 0.0341. The van der Waals surface area contributed by atoms with Crippen LogP contribution in [0.15, 0.2) is 29.6 Å². The molecule has 84 valence electrons. The summed E-state index contributed by atoms with van der Waals surface area (Å²) < 4.78 is 1.16. The Kier molecular flexibility index (Phi) is 3.25. The van der Waals surface area contributed by atoms with E-state index in [9.17, 15) is 4.79 Å². The number of thiophene rings is 1. The molecule has 0 fully saturated rings. The number of carbonyl (C=O) groups is 1. The third kappa shape index (κ3) is 2.09. The Hall–Kier alpha value is -1.35. The summed E-state index contributed by atoms with van der Waals surface area (Å²) in [4.78, 5) is 12.0. The topological polar surface area (TPSA) is 29.1 Å². The highest BCUT2D eigenvalue weighted by Crippen LogP contribution is 2.25. The molecule has 0 aliphatic carbocycles. The van der Waals surface area contributed by atoms with Gasteiger partial charge < -0.3 is 5.32 Å². The molecular formula is C13H15NOS. The molecular weight excluding hydrogens is 218 g/mol. The predicted molar refractivity (Wildman–Crippen MR) is 69.0 cm³/mol. The van der Waals surface area contributed by atoms with Crippen LogP contribution in [-0.2, 0) is 0 Å². The summed E-state index contributed by atoms with van der Waals surface area (Å²) >= 11 is 1.62. The van der Waals surface area contributed by atoms with Gasteiger partial charge in [0.05, 0.1) is 5.56 Å². The lowest BCUT2D eigenvalue weighted by Crippen LogP contribution is -2.31. The summed E-state index contributed by atoms with van der Waals surface area (Å²) in [7, 11) is 0. The van der Waals surface area contributed by atoms with Crippen LogP contribution in [0.25, 0.3) is 10.1 Å². The van der Waals surface area contributed by atoms with Crippen molar-refractivity contribution in [3.05, 3.63) is 35.2 Å². The Bertz CT molecular complexity index is 503. The van der Waals surface area contributed by atoms with Gasteiger partial charge in [-0.25, -0.2) is 0 Å². The van der Waals surface area contributed by atoms with Gasteiger partial charge in [0.2, 0.25) is 0 Å². The van der Waals surface area contributed by atoms with Crippen LogP contribution in [0.4, 0.5) is 0 Å². The zero-order valence-corrected chi connectivity index (χ0v) is 10.3. The van der Waals surface area contributed by atoms with E-state index in [1.54, 1.807) is 11.3 Å². The van der Waals surface area contributed by atoms with Crippen molar-refractivity contribution in [2.24, 2.45) is 0 Å². The zero-order chi connectivity index (χ0) is 11.5. The summed E-state index contributed by atoms with van der Waals surface area (Å²) in [5.74, 6) is 0.0341. The lowest BCUT2D eigenvalue weighted by atomic mass is 10.1. The second-order valence-corrected chi connectivity index (χ2v) is 4.84. The van der Waals surface area contributed by atoms with Crippen LogP contribution in [0.2, 0.25) is 0 Å². The largest absolute Gasteiger partial charge is 0.350 e. The molecule has 1 heterocycles. The monoisotopic (exact) mass is 233 g/mol. The second-order valence-electron chi connectivity index (χ2n) is 3.93. The van der Waals surface area contributed by atoms with Crippen LogP contribution < -0.4 is 5.32 Å². The first-order valence-electron chi connectivity index (χ1n) is 5.49. The SMILES string of the molecule is CCC(C)NC(=O)c1csc2ccccc12. The number of fused-ring (bicyclic) bond motifs is 1. The minimum Gasteiger partial charge on any atom is -0.350 e. The molecule has 0 saturated carbocycles. The van der Waals surface area contributed by atoms with E-state index in [0.29, 0.717) is 0 Å². The van der Waals surface area contributed by atoms with E-state index in [4.69, 9.17) is 0 Å². The first-order valence-corrected chi connectivity index (χ1v) is 6.37. The van der Waals surface area contributed by atoms with Crippen LogP contribution in [0, 0.1) is 0 Å². The Balaban J connectivity index is 2.30. The summed E-state index contributed by atoms with van der Waals surface area (Å²) in [5, 5.41) is 5.97. The van der Waals surface area contributed by atoms with E-state index < -0.39 is 0 Å². The van der Waals surface area contributed by atoms with Crippen molar-refractivity contribution >= 4 is 27.3 Å². The van der Waals surface area contributed by atoms with Gasteiger partial charge in [0.1, 0.15) is 0 Å². The highest BCUT2D eigenvalue weighted by molar-refractivity contribution is 7.17. The summed E-state index contributed by atoms with van der Waals surface area (Å²) in [6.07, 6.45) is 0.952. The molecule has 0 aliphatic rings. The smallest absolute Gasteiger partial charge is 0.252 e. The lowest BCUT2D eigenvalue weighted by molar-refractivity contribution is 0.0941. The molecule has 2 aromatic rings. The Morgan fingerprint density at radius 2 is 2.19 bits per heavy atom. The Morgan fingerprint density at radius 1 is 1.44 bits per heavy atom. The number of rotatable bonds is 3. The van der Waals surface area contributed by atoms with Crippen molar-refractivity contribution in [3.8, 4) is 0 Å². The van der Waals surface area contributed by atoms with E-state index in [0.717, 1.165) is 22.1 Å². The standard InChI is InChI=1S/C13H15NOS/c1-3-9(2)14-13(15)11-8-16-12-7-5-4-6-10(11)12/h4-9H,3H2,1-2H3,(H,14,15). The van der Waals surface area contributed by atoms with Crippen molar-refractivity contribution < 1.29 is 4.79 Å². The fraction of sp³-hybridized carbons (Fsp3) is 0.308. The maximum Gasteiger partial charge on any atom is 0.252 e. The number of amides is 1. The molecule has 3 heteroatoms. The molecule has 1 N–H and O–H groups in total. The Labute approximate surface area is 99.3 Å². The van der Waals surface area contributed by atoms with Crippen molar-refractivity contribution in [2.45, 2.75) is 26.3 Å². The molecule has 0 radical (unpaired) electrons. The van der Waals surface area contributed by atoms with Gasteiger partial charge in [0.25, 0.3) is 5.91 Å². The minimum absolute atomic E-state index is 0.0341. The summed E-state index contributed by atoms with van der Waals surface area (Å²) in [6, 6.07) is 8.23. The average molecular weight is 233 g/mol. The van der Waals surface area contributed by atoms with Crippen molar-refractivity contribution in [1.29, 1.82) is 0 Å². The third-order valence-electron chi connectivity index (χ3n) is 2.72. The fourth-order valence-corrected chi connectivity index (χ4v) is 2.50. The number of hydrogen-bond donors (Lipinski definition) is 1. The highest BCUT2D eigenvalue weighted by atomic mass is 32.1. The van der Waals surface area contributed by atoms with Crippen LogP contribution >= 0.6 is 11.3 Å². The number of nitrogens with one attached hydrogen (secondary N) is 1. The van der Waals surface area contributed by atoms with Crippen LogP contribution in [0.1, 0.15) is 30.6 Å². The predicted octanol–water partition coefficient (Wildman–Crippen LogP) is 3.43. The van der Waals surface area contributed by atoms with Crippen molar-refractivity contribution in [1.82, 2.24) is 5.32 Å². The average Bonchev–Trinajstić information content (AvgIpc) is 2.72. The molecule has 1 aromatic heterocycles. The third-order valence-corrected chi connectivity index (χ3v) is 3.68. The van der Waals surface area contributed by atoms with E-state index >= 15 is 0 Å². The quantitative estimate of drug-likeness (QED) is 0.864. The maximum atomic E-state index is 12.0. The molecule has 1 amide bonds. The van der Waals surface area contributed by atoms with Gasteiger partial charge in [-0.05, 0) is 19.4 Å². The number of benzene rings is 1. The molecule has 0 saturated heterocycles. The highest BCUT2D eigenvalue weighted by Gasteiger charge is 2.12. The van der Waals surface area contributed by atoms with Gasteiger partial charge in [0.15, 0.2) is 0 Å². The summed E-state index contributed by atoms with van der Waals surface area (Å²) in [5.41, 5.74) is 0.793. The van der Waals surface area contributed by atoms with Crippen LogP contribution in [0.5, 0.6) is 0 Å². The molecule has 16 heavy (non-hydrogen) atoms. The van der Waals surface area contributed by atoms with Crippen molar-refractivity contribution in [3.63, 3.8) is 0 Å². The Morgan fingerprint density at radius 3 is 2.94 bits per heavy atom. The number of hydrogen-bond acceptors (Lipinski definition) is 2. The molecule has 0 aliphatic heterocycles. The molecule has 0 spiro atoms. The first kappa shape index (κ1) is 11.1. The molecule has 1 unspecified atom stereocenters.